The number of halogens is 4. The molecule has 0 unspecified atom stereocenters. The first-order chi connectivity index (χ1) is 17.5. The van der Waals surface area contributed by atoms with Crippen molar-refractivity contribution in [3.8, 4) is 11.8 Å². The molecule has 3 rings (SSSR count). The van der Waals surface area contributed by atoms with Gasteiger partial charge in [-0.1, -0.05) is 18.2 Å². The summed E-state index contributed by atoms with van der Waals surface area (Å²) in [6, 6.07) is 16.1. The molecule has 3 aromatic rings. The summed E-state index contributed by atoms with van der Waals surface area (Å²) in [6.07, 6.45) is -3.28. The molecule has 0 radical (unpaired) electrons. The molecule has 0 aliphatic carbocycles. The van der Waals surface area contributed by atoms with Gasteiger partial charge in [0.1, 0.15) is 17.4 Å². The van der Waals surface area contributed by atoms with Gasteiger partial charge in [0.05, 0.1) is 10.0 Å². The number of nitriles is 1. The van der Waals surface area contributed by atoms with Crippen LogP contribution in [0.15, 0.2) is 70.7 Å². The van der Waals surface area contributed by atoms with Crippen molar-refractivity contribution < 1.29 is 27.5 Å². The van der Waals surface area contributed by atoms with E-state index >= 15 is 0 Å². The fourth-order valence-corrected chi connectivity index (χ4v) is 3.68. The minimum atomic E-state index is -4.56. The number of alkyl halides is 3. The van der Waals surface area contributed by atoms with Crippen LogP contribution in [0.3, 0.4) is 0 Å². The fraction of sp³-hybridized carbons (Fsp3) is 0.148. The number of rotatable bonds is 7. The Morgan fingerprint density at radius 1 is 1.00 bits per heavy atom. The smallest absolute Gasteiger partial charge is 0.416 e. The van der Waals surface area contributed by atoms with Crippen LogP contribution in [-0.4, -0.2) is 18.4 Å². The summed E-state index contributed by atoms with van der Waals surface area (Å²) in [5.74, 6) is -0.849. The average Bonchev–Trinajstić information content (AvgIpc) is 2.84. The zero-order chi connectivity index (χ0) is 27.2. The first kappa shape index (κ1) is 27.5. The molecule has 0 fully saturated rings. The molecule has 0 spiro atoms. The summed E-state index contributed by atoms with van der Waals surface area (Å²) in [5, 5.41) is 14.5. The molecule has 0 bridgehead atoms. The van der Waals surface area contributed by atoms with Gasteiger partial charge in [-0.05, 0) is 95.0 Å². The van der Waals surface area contributed by atoms with Crippen molar-refractivity contribution in [2.24, 2.45) is 0 Å². The highest BCUT2D eigenvalue weighted by Crippen LogP contribution is 2.31. The summed E-state index contributed by atoms with van der Waals surface area (Å²) in [5.41, 5.74) is 1.94. The molecular weight excluding hydrogens is 551 g/mol. The average molecular weight is 572 g/mol. The predicted octanol–water partition coefficient (Wildman–Crippen LogP) is 6.65. The van der Waals surface area contributed by atoms with Crippen molar-refractivity contribution in [2.45, 2.75) is 20.0 Å². The van der Waals surface area contributed by atoms with Gasteiger partial charge >= 0.3 is 6.18 Å². The van der Waals surface area contributed by atoms with Gasteiger partial charge < -0.3 is 15.4 Å². The normalized spacial score (nSPS) is 11.4. The Bertz CT molecular complexity index is 1410. The van der Waals surface area contributed by atoms with Crippen molar-refractivity contribution in [1.82, 2.24) is 0 Å². The van der Waals surface area contributed by atoms with E-state index in [0.717, 1.165) is 29.3 Å². The van der Waals surface area contributed by atoms with Gasteiger partial charge in [0.25, 0.3) is 11.8 Å². The molecule has 0 aliphatic rings. The Balaban J connectivity index is 1.65. The molecule has 6 nitrogen and oxygen atoms in total. The number of nitrogens with zero attached hydrogens (tertiary/aromatic N) is 1. The van der Waals surface area contributed by atoms with Gasteiger partial charge in [0.2, 0.25) is 0 Å². The van der Waals surface area contributed by atoms with Gasteiger partial charge in [0.15, 0.2) is 6.61 Å². The largest absolute Gasteiger partial charge is 0.483 e. The lowest BCUT2D eigenvalue weighted by atomic mass is 10.1. The predicted molar refractivity (Wildman–Crippen MR) is 138 cm³/mol. The van der Waals surface area contributed by atoms with Crippen molar-refractivity contribution in [1.29, 1.82) is 5.26 Å². The van der Waals surface area contributed by atoms with Gasteiger partial charge in [-0.2, -0.15) is 18.4 Å². The van der Waals surface area contributed by atoms with Gasteiger partial charge in [-0.3, -0.25) is 9.59 Å². The lowest BCUT2D eigenvalue weighted by Crippen LogP contribution is -2.20. The standard InChI is InChI=1S/C27H21BrF3N3O3/c1-16-6-8-22(10-17(16)2)33-25(35)15-37-24-9-7-18(12-23(24)28)11-19(14-32)26(36)34-21-5-3-4-20(13-21)27(29,30)31/h3-13H,15H2,1-2H3,(H,33,35)(H,34,36)/b19-11+. The van der Waals surface area contributed by atoms with Crippen molar-refractivity contribution in [3.05, 3.63) is 93.0 Å². The van der Waals surface area contributed by atoms with Crippen LogP contribution < -0.4 is 15.4 Å². The highest BCUT2D eigenvalue weighted by Gasteiger charge is 2.30. The Morgan fingerprint density at radius 2 is 1.73 bits per heavy atom. The zero-order valence-electron chi connectivity index (χ0n) is 19.7. The maximum atomic E-state index is 12.9. The third-order valence-corrected chi connectivity index (χ3v) is 5.85. The molecule has 0 saturated heterocycles. The maximum Gasteiger partial charge on any atom is 0.416 e. The van der Waals surface area contributed by atoms with Crippen LogP contribution in [0.1, 0.15) is 22.3 Å². The minimum absolute atomic E-state index is 0.0926. The molecule has 2 amide bonds. The Morgan fingerprint density at radius 3 is 2.38 bits per heavy atom. The van der Waals surface area contributed by atoms with Crippen LogP contribution in [0, 0.1) is 25.2 Å². The van der Waals surface area contributed by atoms with E-state index in [-0.39, 0.29) is 23.8 Å². The second kappa shape index (κ2) is 11.8. The van der Waals surface area contributed by atoms with E-state index in [9.17, 15) is 28.0 Å². The molecule has 0 atom stereocenters. The minimum Gasteiger partial charge on any atom is -0.483 e. The molecule has 0 saturated carbocycles. The maximum absolute atomic E-state index is 12.9. The second-order valence-corrected chi connectivity index (χ2v) is 8.88. The lowest BCUT2D eigenvalue weighted by Gasteiger charge is -2.11. The van der Waals surface area contributed by atoms with E-state index in [1.54, 1.807) is 30.3 Å². The monoisotopic (exact) mass is 571 g/mol. The van der Waals surface area contributed by atoms with Crippen LogP contribution >= 0.6 is 15.9 Å². The zero-order valence-corrected chi connectivity index (χ0v) is 21.3. The topological polar surface area (TPSA) is 91.2 Å². The molecule has 0 heterocycles. The van der Waals surface area contributed by atoms with Crippen LogP contribution in [0.25, 0.3) is 6.08 Å². The number of aryl methyl sites for hydroxylation is 2. The number of hydrogen-bond donors (Lipinski definition) is 2. The number of anilines is 2. The van der Waals surface area contributed by atoms with Crippen LogP contribution in [-0.2, 0) is 15.8 Å². The van der Waals surface area contributed by atoms with Crippen molar-refractivity contribution in [2.75, 3.05) is 17.2 Å². The second-order valence-electron chi connectivity index (χ2n) is 8.03. The SMILES string of the molecule is Cc1ccc(NC(=O)COc2ccc(/C=C(\C#N)C(=O)Nc3cccc(C(F)(F)F)c3)cc2Br)cc1C. The van der Waals surface area contributed by atoms with Crippen LogP contribution in [0.4, 0.5) is 24.5 Å². The van der Waals surface area contributed by atoms with E-state index < -0.39 is 17.6 Å². The van der Waals surface area contributed by atoms with Crippen LogP contribution in [0.5, 0.6) is 5.75 Å². The number of nitrogens with one attached hydrogen (secondary N) is 2. The van der Waals surface area contributed by atoms with Crippen molar-refractivity contribution >= 4 is 45.2 Å². The highest BCUT2D eigenvalue weighted by molar-refractivity contribution is 9.10. The van der Waals surface area contributed by atoms with E-state index in [0.29, 0.717) is 21.5 Å². The molecule has 190 valence electrons. The summed E-state index contributed by atoms with van der Waals surface area (Å²) in [7, 11) is 0. The Labute approximate surface area is 219 Å². The van der Waals surface area contributed by atoms with E-state index in [1.165, 1.54) is 12.1 Å². The summed E-state index contributed by atoms with van der Waals surface area (Å²) >= 11 is 3.33. The number of ether oxygens (including phenoxy) is 1. The number of carbonyl (C=O) groups is 2. The molecule has 10 heteroatoms. The van der Waals surface area contributed by atoms with Crippen LogP contribution in [0.2, 0.25) is 0 Å². The summed E-state index contributed by atoms with van der Waals surface area (Å²) in [6.45, 7) is 3.67. The summed E-state index contributed by atoms with van der Waals surface area (Å²) < 4.78 is 44.7. The van der Waals surface area contributed by atoms with Crippen molar-refractivity contribution in [3.63, 3.8) is 0 Å². The number of carbonyl (C=O) groups excluding carboxylic acids is 2. The molecular formula is C27H21BrF3N3O3. The van der Waals surface area contributed by atoms with E-state index in [4.69, 9.17) is 4.74 Å². The third kappa shape index (κ3) is 7.69. The number of hydrogen-bond acceptors (Lipinski definition) is 4. The molecule has 0 aromatic heterocycles. The van der Waals surface area contributed by atoms with Gasteiger partial charge in [-0.15, -0.1) is 0 Å². The van der Waals surface area contributed by atoms with Gasteiger partial charge in [-0.25, -0.2) is 0 Å². The highest BCUT2D eigenvalue weighted by atomic mass is 79.9. The lowest BCUT2D eigenvalue weighted by molar-refractivity contribution is -0.137. The molecule has 0 aliphatic heterocycles. The summed E-state index contributed by atoms with van der Waals surface area (Å²) in [4.78, 5) is 24.7. The molecule has 2 N–H and O–H groups in total. The number of amides is 2. The molecule has 37 heavy (non-hydrogen) atoms. The quantitative estimate of drug-likeness (QED) is 0.245. The molecule has 3 aromatic carbocycles. The van der Waals surface area contributed by atoms with Gasteiger partial charge in [0, 0.05) is 11.4 Å². The Hall–Kier alpha value is -4.10. The third-order valence-electron chi connectivity index (χ3n) is 5.23. The fourth-order valence-electron chi connectivity index (χ4n) is 3.17. The van der Waals surface area contributed by atoms with E-state index in [1.807, 2.05) is 26.0 Å². The number of benzene rings is 3. The Kier molecular flexibility index (Phi) is 8.73. The first-order valence-corrected chi connectivity index (χ1v) is 11.7. The van der Waals surface area contributed by atoms with E-state index in [2.05, 4.69) is 26.6 Å². The first-order valence-electron chi connectivity index (χ1n) is 10.9.